The number of likely N-dealkylation sites (N-methyl/N-ethyl adjacent to an activating group) is 1. The molecule has 1 atom stereocenters. The fourth-order valence-electron chi connectivity index (χ4n) is 3.85. The number of halogens is 1. The van der Waals surface area contributed by atoms with Crippen LogP contribution in [0.15, 0.2) is 59.8 Å². The van der Waals surface area contributed by atoms with Crippen LogP contribution in [0.1, 0.15) is 19.4 Å². The van der Waals surface area contributed by atoms with E-state index in [1.807, 2.05) is 46.7 Å². The number of amides is 1. The Morgan fingerprint density at radius 1 is 1.03 bits per heavy atom. The molecule has 2 heterocycles. The third-order valence-electron chi connectivity index (χ3n) is 5.76. The molecule has 4 rings (SSSR count). The van der Waals surface area contributed by atoms with Crippen molar-refractivity contribution >= 4 is 17.7 Å². The standard InChI is InChI=1S/C24H28FN5OS/c1-3-28-13-15-29(16-14-28)23(31)18(2)32-24-27-26-22(20-9-11-21(25)12-10-20)30(24)17-19-7-5-4-6-8-19/h4-12,18H,3,13-17H2,1-2H3. The molecular formula is C24H28FN5OS. The molecule has 1 unspecified atom stereocenters. The van der Waals surface area contributed by atoms with Gasteiger partial charge in [0.2, 0.25) is 5.91 Å². The van der Waals surface area contributed by atoms with Crippen LogP contribution in [0, 0.1) is 5.82 Å². The molecule has 168 valence electrons. The number of carbonyl (C=O) groups is 1. The minimum Gasteiger partial charge on any atom is -0.339 e. The van der Waals surface area contributed by atoms with Gasteiger partial charge in [-0.25, -0.2) is 4.39 Å². The van der Waals surface area contributed by atoms with E-state index < -0.39 is 0 Å². The van der Waals surface area contributed by atoms with Crippen LogP contribution in [-0.2, 0) is 11.3 Å². The zero-order chi connectivity index (χ0) is 22.5. The Morgan fingerprint density at radius 3 is 2.38 bits per heavy atom. The van der Waals surface area contributed by atoms with Crippen molar-refractivity contribution in [3.8, 4) is 11.4 Å². The molecule has 0 N–H and O–H groups in total. The minimum atomic E-state index is -0.292. The van der Waals surface area contributed by atoms with Crippen LogP contribution in [0.2, 0.25) is 0 Å². The zero-order valence-electron chi connectivity index (χ0n) is 18.4. The van der Waals surface area contributed by atoms with Gasteiger partial charge in [-0.05, 0) is 43.3 Å². The molecule has 0 bridgehead atoms. The maximum Gasteiger partial charge on any atom is 0.235 e. The number of hydrogen-bond acceptors (Lipinski definition) is 5. The van der Waals surface area contributed by atoms with Gasteiger partial charge < -0.3 is 9.80 Å². The molecule has 1 amide bonds. The predicted molar refractivity (Wildman–Crippen MR) is 125 cm³/mol. The third kappa shape index (κ3) is 5.19. The van der Waals surface area contributed by atoms with E-state index in [0.29, 0.717) is 17.5 Å². The van der Waals surface area contributed by atoms with E-state index >= 15 is 0 Å². The van der Waals surface area contributed by atoms with Gasteiger partial charge in [-0.2, -0.15) is 0 Å². The van der Waals surface area contributed by atoms with E-state index in [-0.39, 0.29) is 17.0 Å². The van der Waals surface area contributed by atoms with Gasteiger partial charge in [-0.3, -0.25) is 9.36 Å². The molecule has 0 spiro atoms. The SMILES string of the molecule is CCN1CCN(C(=O)C(C)Sc2nnc(-c3ccc(F)cc3)n2Cc2ccccc2)CC1. The average molecular weight is 454 g/mol. The van der Waals surface area contributed by atoms with E-state index in [1.54, 1.807) is 12.1 Å². The Morgan fingerprint density at radius 2 is 1.72 bits per heavy atom. The van der Waals surface area contributed by atoms with Gasteiger partial charge in [0.15, 0.2) is 11.0 Å². The summed E-state index contributed by atoms with van der Waals surface area (Å²) in [6, 6.07) is 16.3. The largest absolute Gasteiger partial charge is 0.339 e. The summed E-state index contributed by atoms with van der Waals surface area (Å²) in [7, 11) is 0. The highest BCUT2D eigenvalue weighted by Gasteiger charge is 2.27. The Balaban J connectivity index is 1.56. The summed E-state index contributed by atoms with van der Waals surface area (Å²) in [6.07, 6.45) is 0. The van der Waals surface area contributed by atoms with Crippen molar-refractivity contribution in [3.05, 3.63) is 66.0 Å². The van der Waals surface area contributed by atoms with Crippen LogP contribution in [0.5, 0.6) is 0 Å². The van der Waals surface area contributed by atoms with E-state index in [4.69, 9.17) is 0 Å². The molecule has 1 aliphatic rings. The Hall–Kier alpha value is -2.71. The molecule has 2 aromatic carbocycles. The number of hydrogen-bond donors (Lipinski definition) is 0. The average Bonchev–Trinajstić information content (AvgIpc) is 3.21. The summed E-state index contributed by atoms with van der Waals surface area (Å²) in [4.78, 5) is 17.4. The van der Waals surface area contributed by atoms with Gasteiger partial charge in [0.05, 0.1) is 11.8 Å². The van der Waals surface area contributed by atoms with E-state index in [0.717, 1.165) is 43.9 Å². The van der Waals surface area contributed by atoms with Crippen molar-refractivity contribution < 1.29 is 9.18 Å². The van der Waals surface area contributed by atoms with Crippen molar-refractivity contribution in [1.29, 1.82) is 0 Å². The topological polar surface area (TPSA) is 54.3 Å². The molecule has 32 heavy (non-hydrogen) atoms. The van der Waals surface area contributed by atoms with Crippen molar-refractivity contribution in [2.75, 3.05) is 32.7 Å². The number of piperazine rings is 1. The number of rotatable bonds is 7. The monoisotopic (exact) mass is 453 g/mol. The van der Waals surface area contributed by atoms with Gasteiger partial charge >= 0.3 is 0 Å². The molecular weight excluding hydrogens is 425 g/mol. The molecule has 8 heteroatoms. The summed E-state index contributed by atoms with van der Waals surface area (Å²) in [5.74, 6) is 0.496. The van der Waals surface area contributed by atoms with Crippen molar-refractivity contribution in [3.63, 3.8) is 0 Å². The maximum atomic E-state index is 13.4. The summed E-state index contributed by atoms with van der Waals surface area (Å²) < 4.78 is 15.5. The van der Waals surface area contributed by atoms with Gasteiger partial charge in [0.25, 0.3) is 0 Å². The maximum absolute atomic E-state index is 13.4. The Bertz CT molecular complexity index is 1030. The number of benzene rings is 2. The summed E-state index contributed by atoms with van der Waals surface area (Å²) >= 11 is 1.43. The lowest BCUT2D eigenvalue weighted by Crippen LogP contribution is -2.50. The van der Waals surface area contributed by atoms with Gasteiger partial charge in [-0.1, -0.05) is 49.0 Å². The molecule has 3 aromatic rings. The highest BCUT2D eigenvalue weighted by Crippen LogP contribution is 2.29. The van der Waals surface area contributed by atoms with Crippen LogP contribution >= 0.6 is 11.8 Å². The normalized spacial score (nSPS) is 15.7. The lowest BCUT2D eigenvalue weighted by molar-refractivity contribution is -0.132. The minimum absolute atomic E-state index is 0.128. The molecule has 6 nitrogen and oxygen atoms in total. The highest BCUT2D eigenvalue weighted by molar-refractivity contribution is 8.00. The van der Waals surface area contributed by atoms with Gasteiger partial charge in [-0.15, -0.1) is 10.2 Å². The summed E-state index contributed by atoms with van der Waals surface area (Å²) in [5.41, 5.74) is 1.89. The second-order valence-electron chi connectivity index (χ2n) is 7.90. The van der Waals surface area contributed by atoms with E-state index in [9.17, 15) is 9.18 Å². The number of carbonyl (C=O) groups excluding carboxylic acids is 1. The zero-order valence-corrected chi connectivity index (χ0v) is 19.3. The smallest absolute Gasteiger partial charge is 0.235 e. The van der Waals surface area contributed by atoms with Crippen LogP contribution in [-0.4, -0.2) is 68.4 Å². The lowest BCUT2D eigenvalue weighted by atomic mass is 10.2. The number of thioether (sulfide) groups is 1. The number of aromatic nitrogens is 3. The van der Waals surface area contributed by atoms with Crippen molar-refractivity contribution in [2.45, 2.75) is 30.8 Å². The molecule has 0 aliphatic carbocycles. The van der Waals surface area contributed by atoms with Crippen LogP contribution in [0.4, 0.5) is 4.39 Å². The summed E-state index contributed by atoms with van der Waals surface area (Å²) in [6.45, 7) is 9.01. The molecule has 1 fully saturated rings. The lowest BCUT2D eigenvalue weighted by Gasteiger charge is -2.35. The predicted octanol–water partition coefficient (Wildman–Crippen LogP) is 3.78. The third-order valence-corrected chi connectivity index (χ3v) is 6.83. The van der Waals surface area contributed by atoms with Gasteiger partial charge in [0, 0.05) is 31.7 Å². The Labute approximate surface area is 192 Å². The van der Waals surface area contributed by atoms with E-state index in [1.165, 1.54) is 23.9 Å². The van der Waals surface area contributed by atoms with Crippen LogP contribution < -0.4 is 0 Å². The first-order valence-electron chi connectivity index (χ1n) is 11.0. The van der Waals surface area contributed by atoms with Crippen molar-refractivity contribution in [2.24, 2.45) is 0 Å². The first-order valence-corrected chi connectivity index (χ1v) is 11.8. The second-order valence-corrected chi connectivity index (χ2v) is 9.21. The first-order chi connectivity index (χ1) is 15.5. The quantitative estimate of drug-likeness (QED) is 0.510. The molecule has 1 aromatic heterocycles. The fraction of sp³-hybridized carbons (Fsp3) is 0.375. The highest BCUT2D eigenvalue weighted by atomic mass is 32.2. The van der Waals surface area contributed by atoms with Crippen LogP contribution in [0.25, 0.3) is 11.4 Å². The molecule has 1 saturated heterocycles. The second kappa shape index (κ2) is 10.3. The molecule has 1 aliphatic heterocycles. The first kappa shape index (κ1) is 22.5. The number of nitrogens with zero attached hydrogens (tertiary/aromatic N) is 5. The van der Waals surface area contributed by atoms with Gasteiger partial charge in [0.1, 0.15) is 5.82 Å². The van der Waals surface area contributed by atoms with Crippen LogP contribution in [0.3, 0.4) is 0 Å². The summed E-state index contributed by atoms with van der Waals surface area (Å²) in [5, 5.41) is 9.21. The fourth-order valence-corrected chi connectivity index (χ4v) is 4.78. The van der Waals surface area contributed by atoms with Crippen molar-refractivity contribution in [1.82, 2.24) is 24.6 Å². The molecule has 0 radical (unpaired) electrons. The molecule has 0 saturated carbocycles. The van der Waals surface area contributed by atoms with E-state index in [2.05, 4.69) is 22.0 Å². The Kier molecular flexibility index (Phi) is 7.22.